The van der Waals surface area contributed by atoms with Gasteiger partial charge in [-0.25, -0.2) is 4.79 Å². The van der Waals surface area contributed by atoms with E-state index in [0.717, 1.165) is 26.2 Å². The molecule has 2 rings (SSSR count). The number of ether oxygens (including phenoxy) is 1. The Balaban J connectivity index is 1.89. The van der Waals surface area contributed by atoms with Gasteiger partial charge in [0.25, 0.3) is 0 Å². The van der Waals surface area contributed by atoms with Crippen LogP contribution in [0.1, 0.15) is 20.8 Å². The molecule has 0 aromatic heterocycles. The molecule has 2 aliphatic rings. The van der Waals surface area contributed by atoms with E-state index in [-0.39, 0.29) is 11.6 Å². The normalized spacial score (nSPS) is 24.4. The lowest BCUT2D eigenvalue weighted by atomic mass is 9.87. The zero-order valence-electron chi connectivity index (χ0n) is 13.2. The minimum Gasteiger partial charge on any atom is -0.444 e. The fraction of sp³-hybridized carbons (Fsp3) is 0.929. The molecule has 6 nitrogen and oxygen atoms in total. The van der Waals surface area contributed by atoms with Crippen molar-refractivity contribution in [3.8, 4) is 0 Å². The van der Waals surface area contributed by atoms with E-state index >= 15 is 0 Å². The first kappa shape index (κ1) is 15.5. The molecule has 116 valence electrons. The van der Waals surface area contributed by atoms with Crippen molar-refractivity contribution in [2.24, 2.45) is 5.73 Å². The summed E-state index contributed by atoms with van der Waals surface area (Å²) in [5.41, 5.74) is 5.51. The molecule has 2 N–H and O–H groups in total. The summed E-state index contributed by atoms with van der Waals surface area (Å²) in [6.07, 6.45) is -0.226. The molecular weight excluding hydrogens is 256 g/mol. The molecule has 0 aliphatic carbocycles. The fourth-order valence-electron chi connectivity index (χ4n) is 2.86. The van der Waals surface area contributed by atoms with Crippen molar-refractivity contribution >= 4 is 6.09 Å². The average Bonchev–Trinajstić information content (AvgIpc) is 2.28. The van der Waals surface area contributed by atoms with Gasteiger partial charge in [0.1, 0.15) is 5.60 Å². The predicted octanol–water partition coefficient (Wildman–Crippen LogP) is 0.182. The quantitative estimate of drug-likeness (QED) is 0.784. The first-order valence-corrected chi connectivity index (χ1v) is 7.37. The number of hydrogen-bond donors (Lipinski definition) is 1. The van der Waals surface area contributed by atoms with Crippen LogP contribution >= 0.6 is 0 Å². The van der Waals surface area contributed by atoms with Gasteiger partial charge < -0.3 is 20.3 Å². The van der Waals surface area contributed by atoms with E-state index in [9.17, 15) is 4.79 Å². The van der Waals surface area contributed by atoms with Crippen LogP contribution in [0.25, 0.3) is 0 Å². The standard InChI is InChI=1S/C14H28N4O2/c1-13(2,3)20-12(19)17-10-14(9-15,11-17)18-7-5-16(4)6-8-18/h5-11,15H2,1-4H3. The summed E-state index contributed by atoms with van der Waals surface area (Å²) in [5, 5.41) is 0. The molecular formula is C14H28N4O2. The number of nitrogens with zero attached hydrogens (tertiary/aromatic N) is 3. The molecule has 0 radical (unpaired) electrons. The number of amides is 1. The second-order valence-electron chi connectivity index (χ2n) is 7.06. The van der Waals surface area contributed by atoms with E-state index in [2.05, 4.69) is 16.8 Å². The Morgan fingerprint density at radius 2 is 1.75 bits per heavy atom. The molecule has 0 aromatic carbocycles. The number of rotatable bonds is 2. The van der Waals surface area contributed by atoms with Crippen LogP contribution in [0.15, 0.2) is 0 Å². The first-order chi connectivity index (χ1) is 9.26. The summed E-state index contributed by atoms with van der Waals surface area (Å²) in [6.45, 7) is 11.8. The molecule has 0 saturated carbocycles. The van der Waals surface area contributed by atoms with Crippen molar-refractivity contribution in [2.45, 2.75) is 31.9 Å². The summed E-state index contributed by atoms with van der Waals surface area (Å²) in [6, 6.07) is 0. The van der Waals surface area contributed by atoms with Crippen LogP contribution in [0.2, 0.25) is 0 Å². The second-order valence-corrected chi connectivity index (χ2v) is 7.06. The van der Waals surface area contributed by atoms with Gasteiger partial charge >= 0.3 is 6.09 Å². The minimum atomic E-state index is -0.439. The zero-order valence-corrected chi connectivity index (χ0v) is 13.2. The molecule has 2 saturated heterocycles. The zero-order chi connectivity index (χ0) is 15.0. The maximum atomic E-state index is 12.0. The molecule has 2 fully saturated rings. The van der Waals surface area contributed by atoms with Gasteiger partial charge in [-0.15, -0.1) is 0 Å². The monoisotopic (exact) mass is 284 g/mol. The van der Waals surface area contributed by atoms with E-state index in [0.29, 0.717) is 19.6 Å². The molecule has 0 unspecified atom stereocenters. The molecule has 0 atom stereocenters. The van der Waals surface area contributed by atoms with Crippen molar-refractivity contribution in [1.82, 2.24) is 14.7 Å². The third-order valence-corrected chi connectivity index (χ3v) is 4.18. The molecule has 0 aromatic rings. The number of nitrogens with two attached hydrogens (primary N) is 1. The molecule has 0 spiro atoms. The van der Waals surface area contributed by atoms with Gasteiger partial charge in [0, 0.05) is 45.8 Å². The SMILES string of the molecule is CN1CCN(C2(CN)CN(C(=O)OC(C)(C)C)C2)CC1. The largest absolute Gasteiger partial charge is 0.444 e. The maximum Gasteiger partial charge on any atom is 0.410 e. The van der Waals surface area contributed by atoms with Crippen molar-refractivity contribution in [1.29, 1.82) is 0 Å². The van der Waals surface area contributed by atoms with Crippen molar-refractivity contribution in [3.05, 3.63) is 0 Å². The van der Waals surface area contributed by atoms with E-state index < -0.39 is 5.60 Å². The lowest BCUT2D eigenvalue weighted by molar-refractivity contribution is -0.0716. The lowest BCUT2D eigenvalue weighted by Gasteiger charge is -2.56. The van der Waals surface area contributed by atoms with Gasteiger partial charge in [0.15, 0.2) is 0 Å². The molecule has 2 heterocycles. The van der Waals surface area contributed by atoms with Crippen LogP contribution in [0.5, 0.6) is 0 Å². The topological polar surface area (TPSA) is 62.0 Å². The number of likely N-dealkylation sites (N-methyl/N-ethyl adjacent to an activating group) is 1. The Morgan fingerprint density at radius 3 is 2.20 bits per heavy atom. The van der Waals surface area contributed by atoms with Gasteiger partial charge in [0.2, 0.25) is 0 Å². The van der Waals surface area contributed by atoms with Crippen molar-refractivity contribution < 1.29 is 9.53 Å². The van der Waals surface area contributed by atoms with E-state index in [1.165, 1.54) is 0 Å². The number of carbonyl (C=O) groups excluding carboxylic acids is 1. The highest BCUT2D eigenvalue weighted by Gasteiger charge is 2.49. The summed E-state index contributed by atoms with van der Waals surface area (Å²) in [4.78, 5) is 18.5. The number of likely N-dealkylation sites (tertiary alicyclic amines) is 1. The third-order valence-electron chi connectivity index (χ3n) is 4.18. The van der Waals surface area contributed by atoms with Gasteiger partial charge in [-0.2, -0.15) is 0 Å². The number of carbonyl (C=O) groups is 1. The Kier molecular flexibility index (Phi) is 4.27. The van der Waals surface area contributed by atoms with E-state index in [1.807, 2.05) is 20.8 Å². The minimum absolute atomic E-state index is 0.0435. The van der Waals surface area contributed by atoms with Gasteiger partial charge in [-0.3, -0.25) is 4.90 Å². The van der Waals surface area contributed by atoms with Gasteiger partial charge in [-0.05, 0) is 27.8 Å². The van der Waals surface area contributed by atoms with Crippen LogP contribution < -0.4 is 5.73 Å². The summed E-state index contributed by atoms with van der Waals surface area (Å²) in [7, 11) is 2.14. The number of hydrogen-bond acceptors (Lipinski definition) is 5. The molecule has 20 heavy (non-hydrogen) atoms. The van der Waals surface area contributed by atoms with Gasteiger partial charge in [-0.1, -0.05) is 0 Å². The summed E-state index contributed by atoms with van der Waals surface area (Å²) >= 11 is 0. The summed E-state index contributed by atoms with van der Waals surface area (Å²) < 4.78 is 5.40. The van der Waals surface area contributed by atoms with Crippen LogP contribution in [0.3, 0.4) is 0 Å². The average molecular weight is 284 g/mol. The molecule has 1 amide bonds. The van der Waals surface area contributed by atoms with Crippen LogP contribution in [0, 0.1) is 0 Å². The third kappa shape index (κ3) is 3.24. The molecule has 0 bridgehead atoms. The second kappa shape index (κ2) is 5.50. The predicted molar refractivity (Wildman–Crippen MR) is 78.7 cm³/mol. The highest BCUT2D eigenvalue weighted by Crippen LogP contribution is 2.29. The van der Waals surface area contributed by atoms with Crippen LogP contribution in [-0.4, -0.2) is 84.8 Å². The van der Waals surface area contributed by atoms with Gasteiger partial charge in [0.05, 0.1) is 5.54 Å². The molecule has 6 heteroatoms. The summed E-state index contributed by atoms with van der Waals surface area (Å²) in [5.74, 6) is 0. The highest BCUT2D eigenvalue weighted by atomic mass is 16.6. The van der Waals surface area contributed by atoms with Crippen LogP contribution in [-0.2, 0) is 4.74 Å². The smallest absolute Gasteiger partial charge is 0.410 e. The fourth-order valence-corrected chi connectivity index (χ4v) is 2.86. The van der Waals surface area contributed by atoms with E-state index in [4.69, 9.17) is 10.5 Å². The Hall–Kier alpha value is -0.850. The Bertz CT molecular complexity index is 353. The van der Waals surface area contributed by atoms with Crippen molar-refractivity contribution in [3.63, 3.8) is 0 Å². The Morgan fingerprint density at radius 1 is 1.20 bits per heavy atom. The maximum absolute atomic E-state index is 12.0. The lowest BCUT2D eigenvalue weighted by Crippen LogP contribution is -2.76. The first-order valence-electron chi connectivity index (χ1n) is 7.37. The van der Waals surface area contributed by atoms with Crippen molar-refractivity contribution in [2.75, 3.05) is 52.9 Å². The highest BCUT2D eigenvalue weighted by molar-refractivity contribution is 5.69. The van der Waals surface area contributed by atoms with E-state index in [1.54, 1.807) is 4.90 Å². The van der Waals surface area contributed by atoms with Crippen LogP contribution in [0.4, 0.5) is 4.79 Å². The Labute approximate surface area is 121 Å². The molecule has 2 aliphatic heterocycles. The number of piperazine rings is 1.